The summed E-state index contributed by atoms with van der Waals surface area (Å²) in [6.45, 7) is 2.11. The molecule has 0 aromatic carbocycles. The third kappa shape index (κ3) is 3.33. The van der Waals surface area contributed by atoms with E-state index in [9.17, 15) is 0 Å². The van der Waals surface area contributed by atoms with E-state index in [1.807, 2.05) is 6.07 Å². The van der Waals surface area contributed by atoms with Gasteiger partial charge in [0, 0.05) is 17.8 Å². The lowest BCUT2D eigenvalue weighted by molar-refractivity contribution is 0.398. The van der Waals surface area contributed by atoms with Crippen molar-refractivity contribution in [1.29, 1.82) is 0 Å². The second-order valence-electron chi connectivity index (χ2n) is 3.94. The minimum absolute atomic E-state index is 0.491. The van der Waals surface area contributed by atoms with Gasteiger partial charge in [-0.3, -0.25) is 0 Å². The number of rotatable bonds is 4. The van der Waals surface area contributed by atoms with E-state index >= 15 is 0 Å². The molecule has 0 radical (unpaired) electrons. The van der Waals surface area contributed by atoms with E-state index in [2.05, 4.69) is 44.5 Å². The molecule has 2 aromatic rings. The van der Waals surface area contributed by atoms with Crippen LogP contribution < -0.4 is 4.74 Å². The second kappa shape index (κ2) is 6.47. The molecule has 0 saturated carbocycles. The van der Waals surface area contributed by atoms with Gasteiger partial charge in [0.1, 0.15) is 5.15 Å². The molecule has 4 nitrogen and oxygen atoms in total. The molecule has 0 aliphatic rings. The predicted octanol–water partition coefficient (Wildman–Crippen LogP) is 3.76. The van der Waals surface area contributed by atoms with E-state index in [1.165, 1.54) is 0 Å². The van der Waals surface area contributed by atoms with Crippen LogP contribution in [0.15, 0.2) is 18.3 Å². The Morgan fingerprint density at radius 2 is 2.11 bits per heavy atom. The second-order valence-corrected chi connectivity index (χ2v) is 5.37. The van der Waals surface area contributed by atoms with Crippen molar-refractivity contribution in [1.82, 2.24) is 15.0 Å². The van der Waals surface area contributed by atoms with Crippen LogP contribution in [0.3, 0.4) is 0 Å². The Morgan fingerprint density at radius 1 is 1.32 bits per heavy atom. The standard InChI is InChI=1S/C13H13ClIN3O/c1-3-4-9-11(15)12(14)18-13(17-9)8-5-6-10(19-2)16-7-8/h5-7H,3-4H2,1-2H3. The van der Waals surface area contributed by atoms with E-state index in [0.29, 0.717) is 16.9 Å². The van der Waals surface area contributed by atoms with Crippen molar-refractivity contribution in [3.05, 3.63) is 32.7 Å². The molecular weight excluding hydrogens is 377 g/mol. The summed E-state index contributed by atoms with van der Waals surface area (Å²) in [7, 11) is 1.58. The number of nitrogens with zero attached hydrogens (tertiary/aromatic N) is 3. The smallest absolute Gasteiger partial charge is 0.212 e. The molecule has 2 rings (SSSR count). The zero-order valence-corrected chi connectivity index (χ0v) is 13.6. The van der Waals surface area contributed by atoms with Gasteiger partial charge in [0.05, 0.1) is 16.4 Å². The number of aromatic nitrogens is 3. The highest BCUT2D eigenvalue weighted by Crippen LogP contribution is 2.25. The van der Waals surface area contributed by atoms with Crippen molar-refractivity contribution in [2.75, 3.05) is 7.11 Å². The molecule has 2 heterocycles. The maximum atomic E-state index is 6.16. The van der Waals surface area contributed by atoms with Crippen molar-refractivity contribution >= 4 is 34.2 Å². The third-order valence-corrected chi connectivity index (χ3v) is 4.30. The fraction of sp³-hybridized carbons (Fsp3) is 0.308. The van der Waals surface area contributed by atoms with Crippen LogP contribution in [0.2, 0.25) is 5.15 Å². The van der Waals surface area contributed by atoms with Gasteiger partial charge in [-0.05, 0) is 35.1 Å². The summed E-state index contributed by atoms with van der Waals surface area (Å²) in [5.74, 6) is 1.16. The number of aryl methyl sites for hydroxylation is 1. The highest BCUT2D eigenvalue weighted by atomic mass is 127. The monoisotopic (exact) mass is 389 g/mol. The molecule has 6 heteroatoms. The van der Waals surface area contributed by atoms with E-state index in [4.69, 9.17) is 16.3 Å². The van der Waals surface area contributed by atoms with Crippen LogP contribution in [-0.4, -0.2) is 22.1 Å². The summed E-state index contributed by atoms with van der Waals surface area (Å²) in [6, 6.07) is 3.66. The average Bonchev–Trinajstić information content (AvgIpc) is 2.44. The zero-order valence-electron chi connectivity index (χ0n) is 10.7. The molecule has 19 heavy (non-hydrogen) atoms. The van der Waals surface area contributed by atoms with E-state index in [-0.39, 0.29) is 0 Å². The fourth-order valence-electron chi connectivity index (χ4n) is 1.63. The van der Waals surface area contributed by atoms with Crippen LogP contribution in [0, 0.1) is 3.57 Å². The van der Waals surface area contributed by atoms with Gasteiger partial charge >= 0.3 is 0 Å². The van der Waals surface area contributed by atoms with Crippen molar-refractivity contribution in [3.63, 3.8) is 0 Å². The molecule has 100 valence electrons. The molecule has 0 saturated heterocycles. The number of pyridine rings is 1. The van der Waals surface area contributed by atoms with E-state index in [0.717, 1.165) is 27.7 Å². The fourth-order valence-corrected chi connectivity index (χ4v) is 2.33. The van der Waals surface area contributed by atoms with Gasteiger partial charge < -0.3 is 4.74 Å². The first-order valence-corrected chi connectivity index (χ1v) is 7.33. The van der Waals surface area contributed by atoms with Gasteiger partial charge in [-0.1, -0.05) is 24.9 Å². The molecule has 0 aliphatic carbocycles. The molecule has 0 fully saturated rings. The SMILES string of the molecule is CCCc1nc(-c2ccc(OC)nc2)nc(Cl)c1I. The lowest BCUT2D eigenvalue weighted by Crippen LogP contribution is -2.01. The Morgan fingerprint density at radius 3 is 2.68 bits per heavy atom. The Bertz CT molecular complexity index is 575. The molecule has 0 N–H and O–H groups in total. The van der Waals surface area contributed by atoms with Gasteiger partial charge in [0.15, 0.2) is 5.82 Å². The van der Waals surface area contributed by atoms with E-state index in [1.54, 1.807) is 19.4 Å². The first-order valence-electron chi connectivity index (χ1n) is 5.88. The van der Waals surface area contributed by atoms with Gasteiger partial charge in [0.2, 0.25) is 5.88 Å². The normalized spacial score (nSPS) is 10.5. The first kappa shape index (κ1) is 14.5. The van der Waals surface area contributed by atoms with Crippen molar-refractivity contribution < 1.29 is 4.74 Å². The summed E-state index contributed by atoms with van der Waals surface area (Å²) < 4.78 is 5.95. The van der Waals surface area contributed by atoms with Crippen LogP contribution in [0.4, 0.5) is 0 Å². The van der Waals surface area contributed by atoms with Crippen molar-refractivity contribution in [2.24, 2.45) is 0 Å². The average molecular weight is 390 g/mol. The summed E-state index contributed by atoms with van der Waals surface area (Å²) in [5.41, 5.74) is 1.81. The molecule has 0 aliphatic heterocycles. The van der Waals surface area contributed by atoms with Gasteiger partial charge in [-0.2, -0.15) is 0 Å². The molecule has 0 amide bonds. The van der Waals surface area contributed by atoms with Crippen LogP contribution in [0.5, 0.6) is 5.88 Å². The number of hydrogen-bond donors (Lipinski definition) is 0. The Labute approximate surface area is 130 Å². The zero-order chi connectivity index (χ0) is 13.8. The highest BCUT2D eigenvalue weighted by molar-refractivity contribution is 14.1. The lowest BCUT2D eigenvalue weighted by Gasteiger charge is -2.07. The predicted molar refractivity (Wildman–Crippen MR) is 83.5 cm³/mol. The quantitative estimate of drug-likeness (QED) is 0.590. The molecule has 2 aromatic heterocycles. The topological polar surface area (TPSA) is 47.9 Å². The summed E-state index contributed by atoms with van der Waals surface area (Å²) >= 11 is 8.34. The number of hydrogen-bond acceptors (Lipinski definition) is 4. The molecule has 0 unspecified atom stereocenters. The molecule has 0 bridgehead atoms. The number of methoxy groups -OCH3 is 1. The minimum Gasteiger partial charge on any atom is -0.481 e. The van der Waals surface area contributed by atoms with Gasteiger partial charge in [0.25, 0.3) is 0 Å². The molecule has 0 atom stereocenters. The maximum Gasteiger partial charge on any atom is 0.212 e. The third-order valence-electron chi connectivity index (χ3n) is 2.57. The molecular formula is C13H13ClIN3O. The van der Waals surface area contributed by atoms with Crippen LogP contribution in [0.1, 0.15) is 19.0 Å². The Balaban J connectivity index is 2.43. The summed E-state index contributed by atoms with van der Waals surface area (Å²) in [6.07, 6.45) is 3.59. The van der Waals surface area contributed by atoms with Gasteiger partial charge in [-0.25, -0.2) is 15.0 Å². The summed E-state index contributed by atoms with van der Waals surface area (Å²) in [5, 5.41) is 0.491. The van der Waals surface area contributed by atoms with Crippen LogP contribution in [-0.2, 0) is 6.42 Å². The number of ether oxygens (including phenoxy) is 1. The number of halogens is 2. The molecule has 0 spiro atoms. The van der Waals surface area contributed by atoms with Crippen LogP contribution >= 0.6 is 34.2 Å². The van der Waals surface area contributed by atoms with Crippen molar-refractivity contribution in [3.8, 4) is 17.3 Å². The Kier molecular flexibility index (Phi) is 4.93. The Hall–Kier alpha value is -0.950. The lowest BCUT2D eigenvalue weighted by atomic mass is 10.2. The largest absolute Gasteiger partial charge is 0.481 e. The first-order chi connectivity index (χ1) is 9.15. The maximum absolute atomic E-state index is 6.16. The summed E-state index contributed by atoms with van der Waals surface area (Å²) in [4.78, 5) is 13.0. The van der Waals surface area contributed by atoms with Gasteiger partial charge in [-0.15, -0.1) is 0 Å². The van der Waals surface area contributed by atoms with Crippen molar-refractivity contribution in [2.45, 2.75) is 19.8 Å². The highest BCUT2D eigenvalue weighted by Gasteiger charge is 2.11. The van der Waals surface area contributed by atoms with E-state index < -0.39 is 0 Å². The van der Waals surface area contributed by atoms with Crippen LogP contribution in [0.25, 0.3) is 11.4 Å². The minimum atomic E-state index is 0.491.